The predicted molar refractivity (Wildman–Crippen MR) is 205 cm³/mol. The normalized spacial score (nSPS) is 29.7. The summed E-state index contributed by atoms with van der Waals surface area (Å²) in [5, 5.41) is 5.25. The second-order valence-electron chi connectivity index (χ2n) is 16.0. The summed E-state index contributed by atoms with van der Waals surface area (Å²) in [6, 6.07) is 27.7. The van der Waals surface area contributed by atoms with Gasteiger partial charge in [0.05, 0.1) is 5.69 Å². The molecule has 0 radical (unpaired) electrons. The van der Waals surface area contributed by atoms with E-state index in [0.29, 0.717) is 35.5 Å². The fourth-order valence-electron chi connectivity index (χ4n) is 10.3. The Morgan fingerprint density at radius 2 is 1.56 bits per heavy atom. The van der Waals surface area contributed by atoms with E-state index in [2.05, 4.69) is 166 Å². The lowest BCUT2D eigenvalue weighted by molar-refractivity contribution is 0.241. The Balaban J connectivity index is 1.20. The number of allylic oxidation sites excluding steroid dienone is 11. The molecule has 1 heteroatoms. The van der Waals surface area contributed by atoms with Crippen LogP contribution in [0, 0.1) is 40.9 Å². The first-order valence-electron chi connectivity index (χ1n) is 18.3. The molecular formula is C47H47N. The zero-order chi connectivity index (χ0) is 32.6. The summed E-state index contributed by atoms with van der Waals surface area (Å²) in [5.41, 5.74) is 8.64. The van der Waals surface area contributed by atoms with Gasteiger partial charge in [-0.05, 0) is 118 Å². The summed E-state index contributed by atoms with van der Waals surface area (Å²) in [7, 11) is 0. The maximum absolute atomic E-state index is 2.57. The lowest BCUT2D eigenvalue weighted by Crippen LogP contribution is -2.25. The maximum atomic E-state index is 2.57. The summed E-state index contributed by atoms with van der Waals surface area (Å²) in [6.45, 7) is 9.81. The van der Waals surface area contributed by atoms with E-state index in [9.17, 15) is 0 Å². The van der Waals surface area contributed by atoms with E-state index in [1.165, 1.54) is 62.6 Å². The van der Waals surface area contributed by atoms with Crippen molar-refractivity contribution in [1.29, 1.82) is 0 Å². The van der Waals surface area contributed by atoms with Gasteiger partial charge in [-0.1, -0.05) is 143 Å². The molecule has 9 rings (SSSR count). The van der Waals surface area contributed by atoms with E-state index in [4.69, 9.17) is 0 Å². The summed E-state index contributed by atoms with van der Waals surface area (Å²) >= 11 is 0. The Morgan fingerprint density at radius 3 is 2.44 bits per heavy atom. The molecule has 1 saturated carbocycles. The Kier molecular flexibility index (Phi) is 7.05. The van der Waals surface area contributed by atoms with E-state index in [0.717, 1.165) is 12.3 Å². The number of benzene rings is 4. The molecule has 7 unspecified atom stereocenters. The molecule has 7 atom stereocenters. The van der Waals surface area contributed by atoms with Gasteiger partial charge in [0, 0.05) is 16.8 Å². The molecule has 0 amide bonds. The van der Waals surface area contributed by atoms with Crippen molar-refractivity contribution in [2.45, 2.75) is 52.9 Å². The third-order valence-corrected chi connectivity index (χ3v) is 12.7. The van der Waals surface area contributed by atoms with Crippen molar-refractivity contribution in [3.05, 3.63) is 150 Å². The fourth-order valence-corrected chi connectivity index (χ4v) is 10.3. The highest BCUT2D eigenvalue weighted by atomic mass is 15.2. The maximum Gasteiger partial charge on any atom is 0.0536 e. The van der Waals surface area contributed by atoms with Crippen molar-refractivity contribution in [3.8, 4) is 0 Å². The van der Waals surface area contributed by atoms with E-state index in [1.807, 2.05) is 0 Å². The van der Waals surface area contributed by atoms with Crippen molar-refractivity contribution in [3.63, 3.8) is 0 Å². The van der Waals surface area contributed by atoms with Gasteiger partial charge < -0.3 is 4.90 Å². The second-order valence-corrected chi connectivity index (χ2v) is 16.0. The molecule has 0 aliphatic heterocycles. The number of hydrogen-bond acceptors (Lipinski definition) is 1. The minimum Gasteiger partial charge on any atom is -0.314 e. The highest BCUT2D eigenvalue weighted by Crippen LogP contribution is 2.62. The molecule has 240 valence electrons. The van der Waals surface area contributed by atoms with Gasteiger partial charge in [-0.2, -0.15) is 0 Å². The zero-order valence-electron chi connectivity index (χ0n) is 28.8. The lowest BCUT2D eigenvalue weighted by atomic mass is 9.70. The van der Waals surface area contributed by atoms with Gasteiger partial charge in [-0.3, -0.25) is 0 Å². The van der Waals surface area contributed by atoms with Crippen molar-refractivity contribution in [2.75, 3.05) is 4.90 Å². The van der Waals surface area contributed by atoms with Gasteiger partial charge in [0.15, 0.2) is 0 Å². The summed E-state index contributed by atoms with van der Waals surface area (Å²) < 4.78 is 0. The molecule has 1 fully saturated rings. The van der Waals surface area contributed by atoms with Gasteiger partial charge in [0.2, 0.25) is 0 Å². The number of anilines is 2. The van der Waals surface area contributed by atoms with Gasteiger partial charge in [-0.15, -0.1) is 0 Å². The molecule has 4 aromatic carbocycles. The molecule has 0 aromatic heterocycles. The molecule has 0 spiro atoms. The zero-order valence-corrected chi connectivity index (χ0v) is 28.8. The van der Waals surface area contributed by atoms with Crippen LogP contribution in [0.1, 0.15) is 64.0 Å². The molecular weight excluding hydrogens is 579 g/mol. The van der Waals surface area contributed by atoms with Crippen molar-refractivity contribution < 1.29 is 0 Å². The molecule has 1 nitrogen and oxygen atoms in total. The molecule has 0 N–H and O–H groups in total. The van der Waals surface area contributed by atoms with E-state index < -0.39 is 0 Å². The number of fused-ring (bicyclic) bond motifs is 8. The van der Waals surface area contributed by atoms with Crippen molar-refractivity contribution >= 4 is 39.0 Å². The quantitative estimate of drug-likeness (QED) is 0.204. The van der Waals surface area contributed by atoms with Gasteiger partial charge in [0.1, 0.15) is 0 Å². The number of hydrogen-bond donors (Lipinski definition) is 0. The van der Waals surface area contributed by atoms with Crippen molar-refractivity contribution in [2.24, 2.45) is 40.9 Å². The first-order chi connectivity index (χ1) is 23.4. The van der Waals surface area contributed by atoms with Crippen LogP contribution in [-0.4, -0.2) is 0 Å². The van der Waals surface area contributed by atoms with Crippen LogP contribution < -0.4 is 4.90 Å². The van der Waals surface area contributed by atoms with Crippen LogP contribution in [0.4, 0.5) is 11.4 Å². The molecule has 0 saturated heterocycles. The minimum absolute atomic E-state index is 0.231. The monoisotopic (exact) mass is 625 g/mol. The summed E-state index contributed by atoms with van der Waals surface area (Å²) in [5.74, 6) is 3.97. The van der Waals surface area contributed by atoms with E-state index >= 15 is 0 Å². The Morgan fingerprint density at radius 1 is 0.750 bits per heavy atom. The molecule has 5 aliphatic rings. The van der Waals surface area contributed by atoms with Crippen LogP contribution in [0.25, 0.3) is 27.6 Å². The topological polar surface area (TPSA) is 3.24 Å². The standard InChI is InChI=1S/C47H47N/c1-30-11-9-14-34(27-30)37-24-22-35(28-31(37)2)48(45-18-10-13-32-12-5-6-15-38(32)45)36-21-19-33-20-23-40-39(42(33)29-36)25-26-44-46(40)41-16-7-8-17-43(41)47(44,3)4/h5-10,12-26,29-31,34,41,43-44,46H,11,27-28H2,1-4H3. The van der Waals surface area contributed by atoms with Gasteiger partial charge in [-0.25, -0.2) is 0 Å². The van der Waals surface area contributed by atoms with Gasteiger partial charge in [0.25, 0.3) is 0 Å². The predicted octanol–water partition coefficient (Wildman–Crippen LogP) is 12.7. The largest absolute Gasteiger partial charge is 0.314 e. The van der Waals surface area contributed by atoms with Gasteiger partial charge >= 0.3 is 0 Å². The van der Waals surface area contributed by atoms with Crippen LogP contribution in [-0.2, 0) is 0 Å². The fraction of sp³-hybridized carbons (Fsp3) is 0.319. The summed E-state index contributed by atoms with van der Waals surface area (Å²) in [4.78, 5) is 2.57. The Hall–Kier alpha value is -4.36. The highest BCUT2D eigenvalue weighted by molar-refractivity contribution is 6.00. The SMILES string of the molecule is CC1CC=CC(C2=CC=C(N(c3ccc4ccc5c(c4c3)C=CC3C5C4C=CC=CC4C3(C)C)c3cccc4ccccc34)CC2C)C1. The van der Waals surface area contributed by atoms with Crippen LogP contribution in [0.5, 0.6) is 0 Å². The van der Waals surface area contributed by atoms with Crippen LogP contribution in [0.15, 0.2) is 139 Å². The summed E-state index contributed by atoms with van der Waals surface area (Å²) in [6.07, 6.45) is 27.8. The second kappa shape index (κ2) is 11.4. The Bertz CT molecular complexity index is 2110. The first-order valence-corrected chi connectivity index (χ1v) is 18.3. The molecule has 0 heterocycles. The molecule has 0 bridgehead atoms. The average molecular weight is 626 g/mol. The third kappa shape index (κ3) is 4.65. The smallest absolute Gasteiger partial charge is 0.0536 e. The van der Waals surface area contributed by atoms with Crippen LogP contribution in [0.2, 0.25) is 0 Å². The van der Waals surface area contributed by atoms with Crippen LogP contribution >= 0.6 is 0 Å². The number of rotatable bonds is 4. The van der Waals surface area contributed by atoms with E-state index in [-0.39, 0.29) is 5.41 Å². The third-order valence-electron chi connectivity index (χ3n) is 12.7. The van der Waals surface area contributed by atoms with Crippen LogP contribution in [0.3, 0.4) is 0 Å². The average Bonchev–Trinajstić information content (AvgIpc) is 3.35. The first kappa shape index (κ1) is 29.8. The number of nitrogens with zero attached hydrogens (tertiary/aromatic N) is 1. The van der Waals surface area contributed by atoms with E-state index in [1.54, 1.807) is 5.57 Å². The lowest BCUT2D eigenvalue weighted by Gasteiger charge is -2.36. The highest BCUT2D eigenvalue weighted by Gasteiger charge is 2.54. The molecule has 4 aromatic rings. The van der Waals surface area contributed by atoms with Crippen molar-refractivity contribution in [1.82, 2.24) is 0 Å². The molecule has 5 aliphatic carbocycles. The Labute approximate surface area is 286 Å². The minimum atomic E-state index is 0.231. The molecule has 48 heavy (non-hydrogen) atoms.